The summed E-state index contributed by atoms with van der Waals surface area (Å²) in [4.78, 5) is 5.95. The lowest BCUT2D eigenvalue weighted by molar-refractivity contribution is -0.137. The van der Waals surface area contributed by atoms with Crippen LogP contribution in [0, 0.1) is 0 Å². The van der Waals surface area contributed by atoms with Gasteiger partial charge in [0.15, 0.2) is 0 Å². The van der Waals surface area contributed by atoms with Crippen LogP contribution in [0.1, 0.15) is 18.4 Å². The van der Waals surface area contributed by atoms with E-state index in [2.05, 4.69) is 10.4 Å². The summed E-state index contributed by atoms with van der Waals surface area (Å²) in [7, 11) is 1.55. The summed E-state index contributed by atoms with van der Waals surface area (Å²) in [6, 6.07) is 2.17. The van der Waals surface area contributed by atoms with Crippen LogP contribution in [0.15, 0.2) is 12.1 Å². The molecule has 1 heterocycles. The standard InChI is InChI=1S/C12H17F3N4O/c1-20-5-4-19(9-2-3-9)11-7-8(12(13,14)15)6-10(17-11)18-16/h6-7,9H,2-5,16H2,1H3,(H,17,18). The lowest BCUT2D eigenvalue weighted by Crippen LogP contribution is -2.31. The minimum absolute atomic E-state index is 0.00195. The Kier molecular flexibility index (Phi) is 4.34. The molecule has 0 amide bonds. The summed E-state index contributed by atoms with van der Waals surface area (Å²) >= 11 is 0. The van der Waals surface area contributed by atoms with Gasteiger partial charge in [0, 0.05) is 19.7 Å². The number of pyridine rings is 1. The molecule has 0 aromatic carbocycles. The molecule has 5 nitrogen and oxygen atoms in total. The monoisotopic (exact) mass is 290 g/mol. The summed E-state index contributed by atoms with van der Waals surface area (Å²) < 4.78 is 43.6. The van der Waals surface area contributed by atoms with Gasteiger partial charge in [-0.2, -0.15) is 13.2 Å². The zero-order chi connectivity index (χ0) is 14.8. The first kappa shape index (κ1) is 14.9. The highest BCUT2D eigenvalue weighted by Crippen LogP contribution is 2.36. The fraction of sp³-hybridized carbons (Fsp3) is 0.583. The molecule has 0 radical (unpaired) electrons. The van der Waals surface area contributed by atoms with E-state index in [1.807, 2.05) is 4.90 Å². The molecule has 20 heavy (non-hydrogen) atoms. The molecule has 1 aliphatic carbocycles. The maximum atomic E-state index is 12.9. The second kappa shape index (κ2) is 5.84. The van der Waals surface area contributed by atoms with Gasteiger partial charge in [-0.1, -0.05) is 0 Å². The SMILES string of the molecule is COCCN(c1cc(C(F)(F)F)cc(NN)n1)C1CC1. The van der Waals surface area contributed by atoms with Crippen molar-refractivity contribution >= 4 is 11.6 Å². The predicted molar refractivity (Wildman–Crippen MR) is 69.3 cm³/mol. The Morgan fingerprint density at radius 3 is 2.65 bits per heavy atom. The molecule has 0 saturated heterocycles. The second-order valence-electron chi connectivity index (χ2n) is 4.66. The molecular weight excluding hydrogens is 273 g/mol. The van der Waals surface area contributed by atoms with Crippen LogP contribution in [0.5, 0.6) is 0 Å². The maximum Gasteiger partial charge on any atom is 0.416 e. The third kappa shape index (κ3) is 3.51. The van der Waals surface area contributed by atoms with E-state index in [0.717, 1.165) is 25.0 Å². The molecule has 112 valence electrons. The van der Waals surface area contributed by atoms with Gasteiger partial charge in [-0.25, -0.2) is 10.8 Å². The number of nitrogens with two attached hydrogens (primary N) is 1. The van der Waals surface area contributed by atoms with Gasteiger partial charge in [0.25, 0.3) is 0 Å². The largest absolute Gasteiger partial charge is 0.416 e. The summed E-state index contributed by atoms with van der Waals surface area (Å²) in [6.45, 7) is 0.930. The third-order valence-corrected chi connectivity index (χ3v) is 3.11. The molecule has 8 heteroatoms. The second-order valence-corrected chi connectivity index (χ2v) is 4.66. The number of nitrogens with one attached hydrogen (secondary N) is 1. The van der Waals surface area contributed by atoms with E-state index in [4.69, 9.17) is 10.6 Å². The van der Waals surface area contributed by atoms with Crippen molar-refractivity contribution in [3.63, 3.8) is 0 Å². The molecular formula is C12H17F3N4O. The van der Waals surface area contributed by atoms with Crippen LogP contribution in [0.25, 0.3) is 0 Å². The van der Waals surface area contributed by atoms with Crippen molar-refractivity contribution in [2.24, 2.45) is 5.84 Å². The Morgan fingerprint density at radius 2 is 2.15 bits per heavy atom. The Labute approximate surface area is 114 Å². The van der Waals surface area contributed by atoms with E-state index in [-0.39, 0.29) is 17.7 Å². The molecule has 1 aliphatic rings. The molecule has 0 unspecified atom stereocenters. The van der Waals surface area contributed by atoms with E-state index in [9.17, 15) is 13.2 Å². The molecule has 3 N–H and O–H groups in total. The molecule has 1 aromatic rings. The first-order valence-electron chi connectivity index (χ1n) is 6.27. The van der Waals surface area contributed by atoms with Gasteiger partial charge in [0.05, 0.1) is 12.2 Å². The number of nitrogens with zero attached hydrogens (tertiary/aromatic N) is 2. The number of hydrogen-bond acceptors (Lipinski definition) is 5. The molecule has 2 rings (SSSR count). The topological polar surface area (TPSA) is 63.4 Å². The van der Waals surface area contributed by atoms with Gasteiger partial charge in [-0.3, -0.25) is 0 Å². The third-order valence-electron chi connectivity index (χ3n) is 3.11. The van der Waals surface area contributed by atoms with E-state index in [1.54, 1.807) is 7.11 Å². The number of hydrogen-bond donors (Lipinski definition) is 2. The zero-order valence-corrected chi connectivity index (χ0v) is 11.1. The molecule has 0 spiro atoms. The smallest absolute Gasteiger partial charge is 0.383 e. The molecule has 0 bridgehead atoms. The van der Waals surface area contributed by atoms with Crippen LogP contribution in [-0.2, 0) is 10.9 Å². The fourth-order valence-corrected chi connectivity index (χ4v) is 1.96. The molecule has 1 saturated carbocycles. The number of rotatable bonds is 6. The molecule has 0 atom stereocenters. The minimum atomic E-state index is -4.43. The quantitative estimate of drug-likeness (QED) is 0.620. The Balaban J connectivity index is 2.32. The van der Waals surface area contributed by atoms with E-state index in [1.165, 1.54) is 0 Å². The summed E-state index contributed by atoms with van der Waals surface area (Å²) in [5, 5.41) is 0. The number of aromatic nitrogens is 1. The van der Waals surface area contributed by atoms with Gasteiger partial charge in [-0.05, 0) is 25.0 Å². The Bertz CT molecular complexity index is 463. The number of hydrazine groups is 1. The van der Waals surface area contributed by atoms with Gasteiger partial charge in [0.1, 0.15) is 11.6 Å². The average molecular weight is 290 g/mol. The first-order chi connectivity index (χ1) is 9.45. The van der Waals surface area contributed by atoms with Gasteiger partial charge < -0.3 is 15.1 Å². The van der Waals surface area contributed by atoms with Crippen LogP contribution in [-0.4, -0.2) is 31.3 Å². The number of methoxy groups -OCH3 is 1. The normalized spacial score (nSPS) is 15.2. The highest BCUT2D eigenvalue weighted by atomic mass is 19.4. The van der Waals surface area contributed by atoms with Crippen LogP contribution in [0.2, 0.25) is 0 Å². The summed E-state index contributed by atoms with van der Waals surface area (Å²) in [5.74, 6) is 5.47. The number of halogens is 3. The van der Waals surface area contributed by atoms with Crippen molar-refractivity contribution < 1.29 is 17.9 Å². The van der Waals surface area contributed by atoms with Crippen LogP contribution in [0.4, 0.5) is 24.8 Å². The van der Waals surface area contributed by atoms with Crippen molar-refractivity contribution in [2.75, 3.05) is 30.6 Å². The number of alkyl halides is 3. The first-order valence-corrected chi connectivity index (χ1v) is 6.27. The minimum Gasteiger partial charge on any atom is -0.383 e. The van der Waals surface area contributed by atoms with E-state index >= 15 is 0 Å². The van der Waals surface area contributed by atoms with Crippen LogP contribution < -0.4 is 16.2 Å². The number of nitrogen functional groups attached to an aromatic ring is 1. The van der Waals surface area contributed by atoms with Crippen LogP contribution >= 0.6 is 0 Å². The predicted octanol–water partition coefficient (Wildman–Crippen LogP) is 2.00. The zero-order valence-electron chi connectivity index (χ0n) is 11.1. The van der Waals surface area contributed by atoms with Gasteiger partial charge in [0.2, 0.25) is 0 Å². The Hall–Kier alpha value is -1.54. The van der Waals surface area contributed by atoms with Crippen molar-refractivity contribution in [3.8, 4) is 0 Å². The number of ether oxygens (including phenoxy) is 1. The highest BCUT2D eigenvalue weighted by Gasteiger charge is 2.34. The van der Waals surface area contributed by atoms with Crippen molar-refractivity contribution in [2.45, 2.75) is 25.1 Å². The lowest BCUT2D eigenvalue weighted by Gasteiger charge is -2.24. The highest BCUT2D eigenvalue weighted by molar-refractivity contribution is 5.52. The Morgan fingerprint density at radius 1 is 1.45 bits per heavy atom. The maximum absolute atomic E-state index is 12.9. The molecule has 0 aliphatic heterocycles. The molecule has 1 fully saturated rings. The van der Waals surface area contributed by atoms with E-state index in [0.29, 0.717) is 13.2 Å². The number of anilines is 2. The van der Waals surface area contributed by atoms with Gasteiger partial charge >= 0.3 is 6.18 Å². The fourth-order valence-electron chi connectivity index (χ4n) is 1.96. The van der Waals surface area contributed by atoms with Crippen molar-refractivity contribution in [1.82, 2.24) is 4.98 Å². The van der Waals surface area contributed by atoms with E-state index < -0.39 is 11.7 Å². The van der Waals surface area contributed by atoms with Crippen molar-refractivity contribution in [1.29, 1.82) is 0 Å². The summed E-state index contributed by atoms with van der Waals surface area (Å²) in [5.41, 5.74) is 1.42. The van der Waals surface area contributed by atoms with Gasteiger partial charge in [-0.15, -0.1) is 0 Å². The summed E-state index contributed by atoms with van der Waals surface area (Å²) in [6.07, 6.45) is -2.53. The molecule has 1 aromatic heterocycles. The average Bonchev–Trinajstić information content (AvgIpc) is 3.22. The van der Waals surface area contributed by atoms with Crippen molar-refractivity contribution in [3.05, 3.63) is 17.7 Å². The lowest BCUT2D eigenvalue weighted by atomic mass is 10.2. The van der Waals surface area contributed by atoms with Crippen LogP contribution in [0.3, 0.4) is 0 Å².